The van der Waals surface area contributed by atoms with E-state index in [-0.39, 0.29) is 0 Å². The molecule has 2 unspecified atom stereocenters. The van der Waals surface area contributed by atoms with E-state index in [9.17, 15) is 0 Å². The van der Waals surface area contributed by atoms with Gasteiger partial charge in [-0.2, -0.15) is 0 Å². The molecule has 2 nitrogen and oxygen atoms in total. The Morgan fingerprint density at radius 3 is 2.24 bits per heavy atom. The first-order chi connectivity index (χ1) is 10.0. The van der Waals surface area contributed by atoms with E-state index in [1.54, 1.807) is 0 Å². The minimum absolute atomic E-state index is 0.523. The molecule has 0 heterocycles. The molecule has 0 aliphatic carbocycles. The molecular weight excluding hydrogens is 324 g/mol. The molecule has 0 amide bonds. The summed E-state index contributed by atoms with van der Waals surface area (Å²) in [5.74, 6) is 0. The van der Waals surface area contributed by atoms with E-state index in [1.165, 1.54) is 24.9 Å². The number of hydrogen-bond donors (Lipinski definition) is 1. The van der Waals surface area contributed by atoms with Crippen LogP contribution in [0.25, 0.3) is 0 Å². The largest absolute Gasteiger partial charge is 0.311 e. The van der Waals surface area contributed by atoms with Gasteiger partial charge in [-0.25, -0.2) is 0 Å². The van der Waals surface area contributed by atoms with Gasteiger partial charge in [-0.15, -0.1) is 0 Å². The lowest BCUT2D eigenvalue weighted by atomic mass is 10.1. The molecular formula is C18H31BrN2. The predicted molar refractivity (Wildman–Crippen MR) is 96.9 cm³/mol. The summed E-state index contributed by atoms with van der Waals surface area (Å²) in [6.45, 7) is 12.6. The molecule has 1 rings (SSSR count). The molecule has 0 saturated carbocycles. The van der Waals surface area contributed by atoms with Gasteiger partial charge in [0.2, 0.25) is 0 Å². The van der Waals surface area contributed by atoms with Gasteiger partial charge in [0.15, 0.2) is 0 Å². The van der Waals surface area contributed by atoms with E-state index in [0.29, 0.717) is 12.1 Å². The Bertz CT molecular complexity index is 373. The summed E-state index contributed by atoms with van der Waals surface area (Å²) in [5, 5.41) is 3.72. The maximum Gasteiger partial charge on any atom is 0.0175 e. The zero-order chi connectivity index (χ0) is 15.7. The zero-order valence-electron chi connectivity index (χ0n) is 14.0. The molecule has 0 spiro atoms. The smallest absolute Gasteiger partial charge is 0.0175 e. The summed E-state index contributed by atoms with van der Waals surface area (Å²) in [5.41, 5.74) is 1.40. The number of nitrogens with zero attached hydrogens (tertiary/aromatic N) is 1. The fourth-order valence-electron chi connectivity index (χ4n) is 2.76. The Morgan fingerprint density at radius 2 is 1.67 bits per heavy atom. The number of rotatable bonds is 10. The molecule has 21 heavy (non-hydrogen) atoms. The summed E-state index contributed by atoms with van der Waals surface area (Å²) >= 11 is 3.48. The van der Waals surface area contributed by atoms with Crippen molar-refractivity contribution in [2.75, 3.05) is 19.6 Å². The third-order valence-electron chi connectivity index (χ3n) is 4.03. The van der Waals surface area contributed by atoms with Crippen molar-refractivity contribution < 1.29 is 0 Å². The second-order valence-electron chi connectivity index (χ2n) is 5.97. The summed E-state index contributed by atoms with van der Waals surface area (Å²) in [6.07, 6.45) is 3.62. The molecule has 1 aromatic rings. The summed E-state index contributed by atoms with van der Waals surface area (Å²) in [7, 11) is 0. The van der Waals surface area contributed by atoms with Crippen LogP contribution in [0.2, 0.25) is 0 Å². The summed E-state index contributed by atoms with van der Waals surface area (Å²) < 4.78 is 1.15. The first-order valence-electron chi connectivity index (χ1n) is 8.28. The molecule has 0 radical (unpaired) electrons. The van der Waals surface area contributed by atoms with Crippen LogP contribution in [0.3, 0.4) is 0 Å². The Kier molecular flexibility index (Phi) is 9.21. The van der Waals surface area contributed by atoms with Crippen molar-refractivity contribution in [3.8, 4) is 0 Å². The Hall–Kier alpha value is -0.380. The van der Waals surface area contributed by atoms with Gasteiger partial charge < -0.3 is 10.2 Å². The second kappa shape index (κ2) is 10.4. The van der Waals surface area contributed by atoms with E-state index in [1.807, 2.05) is 0 Å². The van der Waals surface area contributed by atoms with Gasteiger partial charge in [0.05, 0.1) is 0 Å². The summed E-state index contributed by atoms with van der Waals surface area (Å²) in [6, 6.07) is 9.76. The van der Waals surface area contributed by atoms with Crippen LogP contribution in [-0.2, 0) is 6.42 Å². The highest BCUT2D eigenvalue weighted by atomic mass is 79.9. The average Bonchev–Trinajstić information content (AvgIpc) is 2.46. The molecule has 0 saturated heterocycles. The minimum atomic E-state index is 0.523. The van der Waals surface area contributed by atoms with Crippen molar-refractivity contribution in [1.29, 1.82) is 0 Å². The molecule has 0 aliphatic heterocycles. The van der Waals surface area contributed by atoms with Crippen LogP contribution >= 0.6 is 15.9 Å². The van der Waals surface area contributed by atoms with E-state index in [0.717, 1.165) is 24.0 Å². The van der Waals surface area contributed by atoms with Gasteiger partial charge in [0, 0.05) is 16.6 Å². The van der Waals surface area contributed by atoms with Crippen molar-refractivity contribution in [2.24, 2.45) is 0 Å². The Balaban J connectivity index is 2.24. The van der Waals surface area contributed by atoms with Crippen molar-refractivity contribution in [3.63, 3.8) is 0 Å². The maximum atomic E-state index is 3.72. The number of hydrogen-bond acceptors (Lipinski definition) is 2. The normalized spacial score (nSPS) is 14.4. The lowest BCUT2D eigenvalue weighted by molar-refractivity contribution is 0.288. The van der Waals surface area contributed by atoms with Crippen LogP contribution in [0.15, 0.2) is 28.7 Å². The van der Waals surface area contributed by atoms with Gasteiger partial charge in [0.25, 0.3) is 0 Å². The lowest BCUT2D eigenvalue weighted by Crippen LogP contribution is -2.36. The molecule has 0 aliphatic rings. The highest BCUT2D eigenvalue weighted by Gasteiger charge is 2.09. The van der Waals surface area contributed by atoms with Crippen LogP contribution in [0.4, 0.5) is 0 Å². The fourth-order valence-corrected chi connectivity index (χ4v) is 3.03. The maximum absolute atomic E-state index is 3.72. The Morgan fingerprint density at radius 1 is 1.05 bits per heavy atom. The monoisotopic (exact) mass is 354 g/mol. The predicted octanol–water partition coefficient (Wildman–Crippen LogP) is 4.48. The molecule has 1 aromatic carbocycles. The van der Waals surface area contributed by atoms with Gasteiger partial charge in [-0.05, 0) is 70.4 Å². The van der Waals surface area contributed by atoms with Crippen LogP contribution in [0.1, 0.15) is 46.1 Å². The van der Waals surface area contributed by atoms with Gasteiger partial charge in [-0.3, -0.25) is 0 Å². The topological polar surface area (TPSA) is 15.3 Å². The highest BCUT2D eigenvalue weighted by molar-refractivity contribution is 9.10. The molecule has 0 aromatic heterocycles. The first-order valence-corrected chi connectivity index (χ1v) is 9.07. The van der Waals surface area contributed by atoms with Crippen LogP contribution in [0.5, 0.6) is 0 Å². The minimum Gasteiger partial charge on any atom is -0.311 e. The third-order valence-corrected chi connectivity index (χ3v) is 4.56. The lowest BCUT2D eigenvalue weighted by Gasteiger charge is -2.22. The average molecular weight is 355 g/mol. The number of nitrogens with one attached hydrogen (secondary N) is 1. The van der Waals surface area contributed by atoms with Crippen LogP contribution in [0, 0.1) is 0 Å². The molecule has 2 atom stereocenters. The van der Waals surface area contributed by atoms with Crippen molar-refractivity contribution >= 4 is 15.9 Å². The Labute approximate surface area is 139 Å². The SMILES string of the molecule is CCN(CC)CCCC(C)NC(C)Cc1ccc(Br)cc1. The summed E-state index contributed by atoms with van der Waals surface area (Å²) in [4.78, 5) is 2.50. The van der Waals surface area contributed by atoms with Crippen molar-refractivity contribution in [2.45, 2.75) is 59.0 Å². The first kappa shape index (κ1) is 18.7. The quantitative estimate of drug-likeness (QED) is 0.666. The van der Waals surface area contributed by atoms with Crippen LogP contribution in [-0.4, -0.2) is 36.6 Å². The standard InChI is InChI=1S/C18H31BrN2/c1-5-21(6-2)13-7-8-15(3)20-16(4)14-17-9-11-18(19)12-10-17/h9-12,15-16,20H,5-8,13-14H2,1-4H3. The van der Waals surface area contributed by atoms with Crippen molar-refractivity contribution in [3.05, 3.63) is 34.3 Å². The number of halogens is 1. The van der Waals surface area contributed by atoms with Gasteiger partial charge >= 0.3 is 0 Å². The van der Waals surface area contributed by atoms with E-state index in [4.69, 9.17) is 0 Å². The van der Waals surface area contributed by atoms with E-state index >= 15 is 0 Å². The molecule has 0 bridgehead atoms. The highest BCUT2D eigenvalue weighted by Crippen LogP contribution is 2.12. The molecule has 1 N–H and O–H groups in total. The third kappa shape index (κ3) is 7.98. The van der Waals surface area contributed by atoms with Crippen LogP contribution < -0.4 is 5.32 Å². The van der Waals surface area contributed by atoms with E-state index < -0.39 is 0 Å². The fraction of sp³-hybridized carbons (Fsp3) is 0.667. The molecule has 120 valence electrons. The van der Waals surface area contributed by atoms with Gasteiger partial charge in [-0.1, -0.05) is 41.9 Å². The van der Waals surface area contributed by atoms with Gasteiger partial charge in [0.1, 0.15) is 0 Å². The second-order valence-corrected chi connectivity index (χ2v) is 6.88. The van der Waals surface area contributed by atoms with Crippen molar-refractivity contribution in [1.82, 2.24) is 10.2 Å². The molecule has 0 fully saturated rings. The van der Waals surface area contributed by atoms with E-state index in [2.05, 4.69) is 78.1 Å². The zero-order valence-corrected chi connectivity index (χ0v) is 15.6. The molecule has 3 heteroatoms. The number of benzene rings is 1.